The molecule has 0 unspecified atom stereocenters. The smallest absolute Gasteiger partial charge is 0.272 e. The molecule has 47 heavy (non-hydrogen) atoms. The number of nitrogens with one attached hydrogen (secondary N) is 3. The van der Waals surface area contributed by atoms with E-state index in [1.165, 1.54) is 29.2 Å². The monoisotopic (exact) mass is 656 g/mol. The highest BCUT2D eigenvalue weighted by Gasteiger charge is 2.23. The van der Waals surface area contributed by atoms with Crippen molar-refractivity contribution < 1.29 is 18.8 Å². The van der Waals surface area contributed by atoms with E-state index in [1.807, 2.05) is 84.9 Å². The Kier molecular flexibility index (Phi) is 10.0. The number of thiazole rings is 1. The van der Waals surface area contributed by atoms with Crippen LogP contribution in [0.15, 0.2) is 154 Å². The van der Waals surface area contributed by atoms with Crippen molar-refractivity contribution in [3.05, 3.63) is 162 Å². The van der Waals surface area contributed by atoms with E-state index in [9.17, 15) is 14.4 Å². The zero-order chi connectivity index (χ0) is 32.4. The van der Waals surface area contributed by atoms with Crippen LogP contribution < -0.4 is 16.0 Å². The molecular weight excluding hydrogens is 629 g/mol. The summed E-state index contributed by atoms with van der Waals surface area (Å²) in [5.41, 5.74) is 2.66. The summed E-state index contributed by atoms with van der Waals surface area (Å²) in [5.74, 6) is -0.120. The number of rotatable bonds is 11. The van der Waals surface area contributed by atoms with E-state index in [-0.39, 0.29) is 11.6 Å². The summed E-state index contributed by atoms with van der Waals surface area (Å²) in [4.78, 5) is 44.8. The number of thioether (sulfide) groups is 1. The van der Waals surface area contributed by atoms with Gasteiger partial charge in [0.25, 0.3) is 11.8 Å². The number of benzene rings is 4. The van der Waals surface area contributed by atoms with E-state index in [2.05, 4.69) is 20.9 Å². The summed E-state index contributed by atoms with van der Waals surface area (Å²) in [7, 11) is 0. The molecule has 232 valence electrons. The third-order valence-corrected chi connectivity index (χ3v) is 8.82. The van der Waals surface area contributed by atoms with Gasteiger partial charge in [0.15, 0.2) is 5.13 Å². The molecule has 8 nitrogen and oxygen atoms in total. The number of carbonyl (C=O) groups is 3. The lowest BCUT2D eigenvalue weighted by Crippen LogP contribution is -2.30. The number of aromatic nitrogens is 1. The summed E-state index contributed by atoms with van der Waals surface area (Å²) in [6, 6.07) is 38.5. The van der Waals surface area contributed by atoms with Crippen LogP contribution in [0.5, 0.6) is 0 Å². The Bertz CT molecular complexity index is 1980. The van der Waals surface area contributed by atoms with Gasteiger partial charge < -0.3 is 20.4 Å². The summed E-state index contributed by atoms with van der Waals surface area (Å²) in [5, 5.41) is 10.3. The van der Waals surface area contributed by atoms with Gasteiger partial charge in [0.05, 0.1) is 0 Å². The molecule has 0 aliphatic heterocycles. The van der Waals surface area contributed by atoms with Crippen molar-refractivity contribution in [2.45, 2.75) is 10.1 Å². The molecule has 0 fully saturated rings. The Morgan fingerprint density at radius 2 is 1.45 bits per heavy atom. The van der Waals surface area contributed by atoms with Crippen LogP contribution in [-0.4, -0.2) is 22.7 Å². The maximum Gasteiger partial charge on any atom is 0.272 e. The number of hydrogen-bond acceptors (Lipinski definition) is 7. The van der Waals surface area contributed by atoms with E-state index >= 15 is 0 Å². The molecule has 0 saturated carbocycles. The third-order valence-electron chi connectivity index (χ3n) is 6.87. The molecule has 1 atom stereocenters. The van der Waals surface area contributed by atoms with E-state index in [4.69, 9.17) is 4.42 Å². The van der Waals surface area contributed by atoms with Gasteiger partial charge in [-0.15, -0.1) is 23.1 Å². The van der Waals surface area contributed by atoms with Gasteiger partial charge >= 0.3 is 0 Å². The fourth-order valence-corrected chi connectivity index (χ4v) is 6.14. The van der Waals surface area contributed by atoms with Gasteiger partial charge in [0.1, 0.15) is 22.5 Å². The summed E-state index contributed by atoms with van der Waals surface area (Å²) in [6.07, 6.45) is 3.14. The maximum absolute atomic E-state index is 13.6. The van der Waals surface area contributed by atoms with E-state index in [1.54, 1.807) is 54.0 Å². The van der Waals surface area contributed by atoms with Crippen molar-refractivity contribution in [1.29, 1.82) is 0 Å². The maximum atomic E-state index is 13.6. The Morgan fingerprint density at radius 3 is 2.13 bits per heavy atom. The standard InChI is InChI=1S/C37H28N4O4S2/c42-34(27-14-8-3-9-15-27)40-31(24-29-18-21-32(45-29)25-10-4-1-5-11-25)35(43)39-28-16-19-30(20-17-28)47-33(26-12-6-2-7-13-26)36(44)41-37-38-22-23-46-37/h1-24,33H,(H,39,43)(H,40,42)(H,38,41,44)/b31-24+/t33-/m0/s1. The van der Waals surface area contributed by atoms with Crippen molar-refractivity contribution >= 4 is 57.7 Å². The topological polar surface area (TPSA) is 113 Å². The second kappa shape index (κ2) is 15.0. The van der Waals surface area contributed by atoms with Crippen LogP contribution in [0.4, 0.5) is 10.8 Å². The molecule has 2 heterocycles. The molecule has 3 N–H and O–H groups in total. The van der Waals surface area contributed by atoms with Crippen molar-refractivity contribution in [2.24, 2.45) is 0 Å². The highest BCUT2D eigenvalue weighted by molar-refractivity contribution is 8.00. The van der Waals surface area contributed by atoms with Crippen LogP contribution in [0.1, 0.15) is 26.9 Å². The molecule has 0 spiro atoms. The number of nitrogens with zero attached hydrogens (tertiary/aromatic N) is 1. The lowest BCUT2D eigenvalue weighted by Gasteiger charge is -2.16. The van der Waals surface area contributed by atoms with E-state index in [0.29, 0.717) is 27.9 Å². The molecule has 0 radical (unpaired) electrons. The van der Waals surface area contributed by atoms with Gasteiger partial charge in [-0.1, -0.05) is 78.9 Å². The molecule has 0 aliphatic carbocycles. The average molecular weight is 657 g/mol. The van der Waals surface area contributed by atoms with Crippen LogP contribution in [0.2, 0.25) is 0 Å². The van der Waals surface area contributed by atoms with Gasteiger partial charge in [-0.05, 0) is 54.1 Å². The van der Waals surface area contributed by atoms with Crippen molar-refractivity contribution in [1.82, 2.24) is 10.3 Å². The van der Waals surface area contributed by atoms with Gasteiger partial charge in [0.2, 0.25) is 5.91 Å². The molecular formula is C37H28N4O4S2. The summed E-state index contributed by atoms with van der Waals surface area (Å²) < 4.78 is 5.98. The first kappa shape index (κ1) is 31.3. The van der Waals surface area contributed by atoms with Crippen LogP contribution in [0.3, 0.4) is 0 Å². The Labute approximate surface area is 279 Å². The first-order valence-corrected chi connectivity index (χ1v) is 16.3. The molecule has 0 aliphatic rings. The van der Waals surface area contributed by atoms with Gasteiger partial charge in [-0.3, -0.25) is 14.4 Å². The molecule has 3 amide bonds. The predicted molar refractivity (Wildman–Crippen MR) is 187 cm³/mol. The Hall–Kier alpha value is -5.71. The van der Waals surface area contributed by atoms with Gasteiger partial charge in [0, 0.05) is 39.4 Å². The predicted octanol–water partition coefficient (Wildman–Crippen LogP) is 8.28. The fraction of sp³-hybridized carbons (Fsp3) is 0.0270. The third kappa shape index (κ3) is 8.31. The van der Waals surface area contributed by atoms with Gasteiger partial charge in [-0.25, -0.2) is 4.98 Å². The highest BCUT2D eigenvalue weighted by Crippen LogP contribution is 2.37. The van der Waals surface area contributed by atoms with Crippen LogP contribution in [0, 0.1) is 0 Å². The fourth-order valence-electron chi connectivity index (χ4n) is 4.58. The molecule has 0 bridgehead atoms. The quantitative estimate of drug-likeness (QED) is 0.0956. The van der Waals surface area contributed by atoms with Crippen LogP contribution >= 0.6 is 23.1 Å². The molecule has 10 heteroatoms. The first-order chi connectivity index (χ1) is 23.0. The molecule has 6 rings (SSSR count). The Morgan fingerprint density at radius 1 is 0.766 bits per heavy atom. The minimum atomic E-state index is -0.530. The largest absolute Gasteiger partial charge is 0.457 e. The first-order valence-electron chi connectivity index (χ1n) is 14.6. The lowest BCUT2D eigenvalue weighted by molar-refractivity contribution is -0.116. The number of furan rings is 1. The molecule has 0 saturated heterocycles. The van der Waals surface area contributed by atoms with Crippen LogP contribution in [-0.2, 0) is 9.59 Å². The second-order valence-electron chi connectivity index (χ2n) is 10.2. The number of amides is 3. The van der Waals surface area contributed by atoms with E-state index < -0.39 is 17.1 Å². The summed E-state index contributed by atoms with van der Waals surface area (Å²) >= 11 is 2.74. The molecule has 6 aromatic rings. The number of carbonyl (C=O) groups excluding carboxylic acids is 3. The zero-order valence-corrected chi connectivity index (χ0v) is 26.5. The van der Waals surface area contributed by atoms with Gasteiger partial charge in [-0.2, -0.15) is 0 Å². The zero-order valence-electron chi connectivity index (χ0n) is 24.8. The van der Waals surface area contributed by atoms with Crippen molar-refractivity contribution in [3.8, 4) is 11.3 Å². The SMILES string of the molecule is O=C(Nc1ccc(S[C@H](C(=O)Nc2nccs2)c2ccccc2)cc1)/C(=C\c1ccc(-c2ccccc2)o1)NC(=O)c1ccccc1. The average Bonchev–Trinajstić information content (AvgIpc) is 3.81. The van der Waals surface area contributed by atoms with Crippen molar-refractivity contribution in [2.75, 3.05) is 10.6 Å². The van der Waals surface area contributed by atoms with E-state index in [0.717, 1.165) is 16.0 Å². The second-order valence-corrected chi connectivity index (χ2v) is 12.2. The lowest BCUT2D eigenvalue weighted by atomic mass is 10.1. The van der Waals surface area contributed by atoms with Crippen LogP contribution in [0.25, 0.3) is 17.4 Å². The summed E-state index contributed by atoms with van der Waals surface area (Å²) in [6.45, 7) is 0. The number of anilines is 2. The highest BCUT2D eigenvalue weighted by atomic mass is 32.2. The molecule has 2 aromatic heterocycles. The minimum Gasteiger partial charge on any atom is -0.457 e. The number of hydrogen-bond donors (Lipinski definition) is 3. The minimum absolute atomic E-state index is 0.00858. The van der Waals surface area contributed by atoms with Crippen molar-refractivity contribution in [3.63, 3.8) is 0 Å². The molecule has 4 aromatic carbocycles. The Balaban J connectivity index is 1.20. The normalized spacial score (nSPS) is 11.8.